The summed E-state index contributed by atoms with van der Waals surface area (Å²) in [5.74, 6) is 0.372. The lowest BCUT2D eigenvalue weighted by Gasteiger charge is -2.36. The Labute approximate surface area is 188 Å². The quantitative estimate of drug-likeness (QED) is 0.429. The molecule has 2 heterocycles. The van der Waals surface area contributed by atoms with E-state index in [2.05, 4.69) is 72.1 Å². The molecule has 0 aromatic carbocycles. The Kier molecular flexibility index (Phi) is 7.86. The number of nitrogen functional groups attached to an aromatic ring is 2. The molecule has 0 amide bonds. The maximum Gasteiger partial charge on any atom is 0.222 e. The smallest absolute Gasteiger partial charge is 0.222 e. The second kappa shape index (κ2) is 9.80. The first kappa shape index (κ1) is 24.8. The summed E-state index contributed by atoms with van der Waals surface area (Å²) < 4.78 is 14.1. The van der Waals surface area contributed by atoms with Crippen molar-refractivity contribution in [2.75, 3.05) is 22.1 Å². The van der Waals surface area contributed by atoms with Gasteiger partial charge in [0.2, 0.25) is 11.9 Å². The van der Waals surface area contributed by atoms with E-state index in [4.69, 9.17) is 23.1 Å². The predicted molar refractivity (Wildman–Crippen MR) is 125 cm³/mol. The van der Waals surface area contributed by atoms with E-state index in [-0.39, 0.29) is 40.6 Å². The molecule has 0 bridgehead atoms. The van der Waals surface area contributed by atoms with Crippen LogP contribution in [0.3, 0.4) is 0 Å². The molecular formula is C21H34ClFN8. The minimum atomic E-state index is -0.511. The minimum absolute atomic E-state index is 0.00599. The van der Waals surface area contributed by atoms with Gasteiger partial charge in [0.25, 0.3) is 0 Å². The van der Waals surface area contributed by atoms with Crippen LogP contribution in [0, 0.1) is 16.6 Å². The molecule has 2 unspecified atom stereocenters. The van der Waals surface area contributed by atoms with Gasteiger partial charge in [-0.3, -0.25) is 0 Å². The monoisotopic (exact) mass is 452 g/mol. The van der Waals surface area contributed by atoms with Crippen molar-refractivity contribution in [2.45, 2.75) is 72.9 Å². The van der Waals surface area contributed by atoms with Gasteiger partial charge in [-0.25, -0.2) is 14.4 Å². The molecule has 2 atom stereocenters. The van der Waals surface area contributed by atoms with Gasteiger partial charge in [-0.1, -0.05) is 52.6 Å². The van der Waals surface area contributed by atoms with E-state index < -0.39 is 5.82 Å². The summed E-state index contributed by atoms with van der Waals surface area (Å²) in [5.41, 5.74) is 11.1. The van der Waals surface area contributed by atoms with Gasteiger partial charge in [-0.15, -0.1) is 0 Å². The maximum absolute atomic E-state index is 14.1. The number of aromatic nitrogens is 4. The SMILES string of the molecule is CC(Nc1nc(N)ncc1Cl)C(C)(C)CCCC(Nc1nc(N)ncc1F)C(C)(C)C. The van der Waals surface area contributed by atoms with Crippen LogP contribution >= 0.6 is 11.6 Å². The van der Waals surface area contributed by atoms with Gasteiger partial charge in [-0.05, 0) is 30.6 Å². The molecule has 2 aromatic rings. The third-order valence-corrected chi connectivity index (χ3v) is 6.00. The fourth-order valence-corrected chi connectivity index (χ4v) is 3.38. The summed E-state index contributed by atoms with van der Waals surface area (Å²) in [6.07, 6.45) is 5.28. The molecule has 0 aliphatic heterocycles. The van der Waals surface area contributed by atoms with Gasteiger partial charge in [0, 0.05) is 12.1 Å². The first-order valence-corrected chi connectivity index (χ1v) is 10.8. The highest BCUT2D eigenvalue weighted by Gasteiger charge is 2.30. The lowest BCUT2D eigenvalue weighted by atomic mass is 9.78. The topological polar surface area (TPSA) is 128 Å². The highest BCUT2D eigenvalue weighted by atomic mass is 35.5. The van der Waals surface area contributed by atoms with Gasteiger partial charge in [0.1, 0.15) is 5.02 Å². The largest absolute Gasteiger partial charge is 0.368 e. The Hall–Kier alpha value is -2.42. The van der Waals surface area contributed by atoms with Crippen molar-refractivity contribution in [3.8, 4) is 0 Å². The molecule has 2 rings (SSSR count). The molecule has 0 aliphatic carbocycles. The zero-order chi connectivity index (χ0) is 23.4. The summed E-state index contributed by atoms with van der Waals surface area (Å²) in [6, 6.07) is 0.0888. The summed E-state index contributed by atoms with van der Waals surface area (Å²) in [4.78, 5) is 15.8. The fraction of sp³-hybridized carbons (Fsp3) is 0.619. The summed E-state index contributed by atoms with van der Waals surface area (Å²) in [6.45, 7) is 12.8. The van der Waals surface area contributed by atoms with E-state index in [0.717, 1.165) is 25.5 Å². The third-order valence-electron chi connectivity index (χ3n) is 5.72. The molecule has 31 heavy (non-hydrogen) atoms. The van der Waals surface area contributed by atoms with Crippen LogP contribution in [-0.2, 0) is 0 Å². The van der Waals surface area contributed by atoms with E-state index in [1.807, 2.05) is 0 Å². The molecule has 10 heteroatoms. The van der Waals surface area contributed by atoms with Crippen molar-refractivity contribution in [1.29, 1.82) is 0 Å². The number of hydrogen-bond acceptors (Lipinski definition) is 8. The molecule has 0 saturated heterocycles. The standard InChI is InChI=1S/C21H34ClFN8/c1-12(28-16-13(22)10-26-18(24)30-16)21(5,6)9-7-8-15(20(2,3)4)29-17-14(23)11-27-19(25)31-17/h10-12,15H,7-9H2,1-6H3,(H3,24,26,28,30)(H3,25,27,29,31). The molecule has 2 aromatic heterocycles. The molecule has 6 N–H and O–H groups in total. The van der Waals surface area contributed by atoms with Gasteiger partial charge >= 0.3 is 0 Å². The van der Waals surface area contributed by atoms with Gasteiger partial charge in [0.05, 0.1) is 12.4 Å². The molecule has 0 radical (unpaired) electrons. The number of anilines is 4. The summed E-state index contributed by atoms with van der Waals surface area (Å²) in [7, 11) is 0. The van der Waals surface area contributed by atoms with Gasteiger partial charge < -0.3 is 22.1 Å². The van der Waals surface area contributed by atoms with Crippen LogP contribution < -0.4 is 22.1 Å². The van der Waals surface area contributed by atoms with E-state index in [1.165, 1.54) is 6.20 Å². The van der Waals surface area contributed by atoms with Crippen LogP contribution in [0.2, 0.25) is 5.02 Å². The average molecular weight is 453 g/mol. The Morgan fingerprint density at radius 3 is 2.19 bits per heavy atom. The Morgan fingerprint density at radius 2 is 1.58 bits per heavy atom. The van der Waals surface area contributed by atoms with E-state index in [0.29, 0.717) is 10.8 Å². The van der Waals surface area contributed by atoms with Crippen LogP contribution in [0.1, 0.15) is 60.8 Å². The molecule has 0 saturated carbocycles. The highest BCUT2D eigenvalue weighted by molar-refractivity contribution is 6.32. The van der Waals surface area contributed by atoms with Gasteiger partial charge in [-0.2, -0.15) is 9.97 Å². The molecule has 8 nitrogen and oxygen atoms in total. The van der Waals surface area contributed by atoms with Crippen LogP contribution in [0.5, 0.6) is 0 Å². The first-order chi connectivity index (χ1) is 14.3. The Balaban J connectivity index is 2.01. The first-order valence-electron chi connectivity index (χ1n) is 10.4. The van der Waals surface area contributed by atoms with Crippen LogP contribution in [0.15, 0.2) is 12.4 Å². The second-order valence-electron chi connectivity index (χ2n) is 9.66. The lowest BCUT2D eigenvalue weighted by molar-refractivity contribution is 0.258. The number of hydrogen-bond donors (Lipinski definition) is 4. The lowest BCUT2D eigenvalue weighted by Crippen LogP contribution is -2.37. The van der Waals surface area contributed by atoms with Crippen molar-refractivity contribution >= 4 is 35.1 Å². The highest BCUT2D eigenvalue weighted by Crippen LogP contribution is 2.34. The molecule has 0 aliphatic rings. The average Bonchev–Trinajstić information content (AvgIpc) is 2.65. The fourth-order valence-electron chi connectivity index (χ4n) is 3.23. The maximum atomic E-state index is 14.1. The van der Waals surface area contributed by atoms with Crippen molar-refractivity contribution in [3.63, 3.8) is 0 Å². The van der Waals surface area contributed by atoms with Crippen LogP contribution in [0.4, 0.5) is 27.9 Å². The summed E-state index contributed by atoms with van der Waals surface area (Å²) >= 11 is 6.19. The number of halogens is 2. The molecule has 0 fully saturated rings. The second-order valence-corrected chi connectivity index (χ2v) is 10.1. The van der Waals surface area contributed by atoms with E-state index in [1.54, 1.807) is 0 Å². The number of nitrogens with zero attached hydrogens (tertiary/aromatic N) is 4. The van der Waals surface area contributed by atoms with Crippen molar-refractivity contribution in [1.82, 2.24) is 19.9 Å². The molecular weight excluding hydrogens is 419 g/mol. The van der Waals surface area contributed by atoms with E-state index in [9.17, 15) is 4.39 Å². The summed E-state index contributed by atoms with van der Waals surface area (Å²) in [5, 5.41) is 7.01. The van der Waals surface area contributed by atoms with Crippen molar-refractivity contribution in [3.05, 3.63) is 23.2 Å². The predicted octanol–water partition coefficient (Wildman–Crippen LogP) is 4.75. The Morgan fingerprint density at radius 1 is 1.00 bits per heavy atom. The zero-order valence-electron chi connectivity index (χ0n) is 19.1. The van der Waals surface area contributed by atoms with Crippen LogP contribution in [-0.4, -0.2) is 32.0 Å². The third kappa shape index (κ3) is 7.05. The molecule has 172 valence electrons. The Bertz CT molecular complexity index is 884. The molecule has 0 spiro atoms. The van der Waals surface area contributed by atoms with Gasteiger partial charge in [0.15, 0.2) is 17.5 Å². The number of nitrogens with one attached hydrogen (secondary N) is 2. The zero-order valence-corrected chi connectivity index (χ0v) is 19.9. The normalized spacial score (nSPS) is 14.2. The number of nitrogens with two attached hydrogens (primary N) is 2. The minimum Gasteiger partial charge on any atom is -0.368 e. The van der Waals surface area contributed by atoms with Crippen molar-refractivity contribution in [2.24, 2.45) is 10.8 Å². The van der Waals surface area contributed by atoms with Crippen molar-refractivity contribution < 1.29 is 4.39 Å². The van der Waals surface area contributed by atoms with E-state index >= 15 is 0 Å². The van der Waals surface area contributed by atoms with Crippen LogP contribution in [0.25, 0.3) is 0 Å². The number of rotatable bonds is 9.